The molecule has 0 amide bonds. The molecule has 84 valence electrons. The van der Waals surface area contributed by atoms with Crippen molar-refractivity contribution < 1.29 is 10.2 Å². The monoisotopic (exact) mass is 216 g/mol. The summed E-state index contributed by atoms with van der Waals surface area (Å²) in [6.45, 7) is 0. The van der Waals surface area contributed by atoms with E-state index in [1.165, 1.54) is 11.1 Å². The molecular formula is C14H16O2. The molecule has 6 atom stereocenters. The van der Waals surface area contributed by atoms with E-state index in [2.05, 4.69) is 24.3 Å². The van der Waals surface area contributed by atoms with E-state index < -0.39 is 12.2 Å². The predicted molar refractivity (Wildman–Crippen MR) is 60.0 cm³/mol. The zero-order valence-electron chi connectivity index (χ0n) is 9.08. The van der Waals surface area contributed by atoms with Gasteiger partial charge in [-0.1, -0.05) is 24.3 Å². The lowest BCUT2D eigenvalue weighted by atomic mass is 9.77. The summed E-state index contributed by atoms with van der Waals surface area (Å²) < 4.78 is 0. The summed E-state index contributed by atoms with van der Waals surface area (Å²) in [6.07, 6.45) is 1.16. The van der Waals surface area contributed by atoms with Crippen LogP contribution in [0.15, 0.2) is 24.3 Å². The highest BCUT2D eigenvalue weighted by molar-refractivity contribution is 5.40. The largest absolute Gasteiger partial charge is 0.390 e. The Balaban J connectivity index is 1.81. The summed E-state index contributed by atoms with van der Waals surface area (Å²) in [5.41, 5.74) is 2.87. The van der Waals surface area contributed by atoms with Gasteiger partial charge in [-0.05, 0) is 47.6 Å². The van der Waals surface area contributed by atoms with Gasteiger partial charge in [0.05, 0.1) is 12.2 Å². The Kier molecular flexibility index (Phi) is 1.65. The van der Waals surface area contributed by atoms with E-state index in [9.17, 15) is 10.2 Å². The Morgan fingerprint density at radius 2 is 1.69 bits per heavy atom. The van der Waals surface area contributed by atoms with Crippen LogP contribution in [-0.4, -0.2) is 22.4 Å². The molecule has 2 unspecified atom stereocenters. The molecule has 3 aliphatic carbocycles. The molecule has 0 spiro atoms. The summed E-state index contributed by atoms with van der Waals surface area (Å²) in [5.74, 6) is 1.73. The first-order valence-corrected chi connectivity index (χ1v) is 6.21. The SMILES string of the molecule is OC1C(O)[C@@H]2C[C@H]1[C@@H]1c3ccccc3C[C@@H]12. The van der Waals surface area contributed by atoms with Crippen LogP contribution in [0, 0.1) is 17.8 Å². The van der Waals surface area contributed by atoms with Crippen LogP contribution >= 0.6 is 0 Å². The molecule has 0 heterocycles. The van der Waals surface area contributed by atoms with Gasteiger partial charge in [0.15, 0.2) is 0 Å². The van der Waals surface area contributed by atoms with Gasteiger partial charge in [0.25, 0.3) is 0 Å². The van der Waals surface area contributed by atoms with E-state index in [0.717, 1.165) is 12.8 Å². The van der Waals surface area contributed by atoms with Crippen molar-refractivity contribution in [2.45, 2.75) is 31.0 Å². The molecule has 1 aromatic carbocycles. The quantitative estimate of drug-likeness (QED) is 0.686. The van der Waals surface area contributed by atoms with E-state index in [-0.39, 0.29) is 0 Å². The van der Waals surface area contributed by atoms with Gasteiger partial charge >= 0.3 is 0 Å². The Bertz CT molecular complexity index is 440. The predicted octanol–water partition coefficient (Wildman–Crippen LogP) is 1.31. The fraction of sp³-hybridized carbons (Fsp3) is 0.571. The number of benzene rings is 1. The minimum atomic E-state index is -0.489. The maximum absolute atomic E-state index is 10.0. The summed E-state index contributed by atoms with van der Waals surface area (Å²) in [5, 5.41) is 20.0. The van der Waals surface area contributed by atoms with Crippen LogP contribution in [0.25, 0.3) is 0 Å². The first-order valence-electron chi connectivity index (χ1n) is 6.21. The van der Waals surface area contributed by atoms with Gasteiger partial charge < -0.3 is 10.2 Å². The maximum Gasteiger partial charge on any atom is 0.0836 e. The summed E-state index contributed by atoms with van der Waals surface area (Å²) in [7, 11) is 0. The summed E-state index contributed by atoms with van der Waals surface area (Å²) in [6, 6.07) is 8.59. The van der Waals surface area contributed by atoms with Crippen LogP contribution in [0.4, 0.5) is 0 Å². The van der Waals surface area contributed by atoms with Crippen molar-refractivity contribution in [3.63, 3.8) is 0 Å². The standard InChI is InChI=1S/C14H16O2/c15-13-10-6-11(14(13)16)12-8-4-2-1-3-7(8)5-9(10)12/h1-4,9-16H,5-6H2/t9-,10-,11+,12-,13?,14?/m1/s1. The second kappa shape index (κ2) is 2.88. The Morgan fingerprint density at radius 1 is 0.938 bits per heavy atom. The first kappa shape index (κ1) is 9.20. The van der Waals surface area contributed by atoms with Crippen molar-refractivity contribution in [3.05, 3.63) is 35.4 Å². The van der Waals surface area contributed by atoms with Crippen molar-refractivity contribution >= 4 is 0 Å². The van der Waals surface area contributed by atoms with Crippen molar-refractivity contribution in [3.8, 4) is 0 Å². The lowest BCUT2D eigenvalue weighted by Crippen LogP contribution is -2.39. The lowest BCUT2D eigenvalue weighted by molar-refractivity contribution is -0.0391. The molecule has 2 heteroatoms. The number of hydrogen-bond acceptors (Lipinski definition) is 2. The van der Waals surface area contributed by atoms with Gasteiger partial charge in [0.1, 0.15) is 0 Å². The Morgan fingerprint density at radius 3 is 2.56 bits per heavy atom. The summed E-state index contributed by atoms with van der Waals surface area (Å²) >= 11 is 0. The first-order chi connectivity index (χ1) is 7.77. The van der Waals surface area contributed by atoms with Crippen LogP contribution in [0.2, 0.25) is 0 Å². The van der Waals surface area contributed by atoms with E-state index in [1.54, 1.807) is 0 Å². The van der Waals surface area contributed by atoms with Crippen LogP contribution in [0.5, 0.6) is 0 Å². The van der Waals surface area contributed by atoms with E-state index >= 15 is 0 Å². The zero-order valence-corrected chi connectivity index (χ0v) is 9.08. The third kappa shape index (κ3) is 0.910. The molecule has 1 aromatic rings. The average Bonchev–Trinajstić information content (AvgIpc) is 2.90. The van der Waals surface area contributed by atoms with Crippen LogP contribution < -0.4 is 0 Å². The van der Waals surface area contributed by atoms with Gasteiger partial charge in [-0.15, -0.1) is 0 Å². The minimum absolute atomic E-state index is 0.300. The van der Waals surface area contributed by atoms with Gasteiger partial charge in [0.2, 0.25) is 0 Å². The molecule has 0 aromatic heterocycles. The fourth-order valence-electron chi connectivity index (χ4n) is 4.51. The molecule has 0 saturated heterocycles. The van der Waals surface area contributed by atoms with Crippen LogP contribution in [-0.2, 0) is 6.42 Å². The van der Waals surface area contributed by atoms with Crippen molar-refractivity contribution in [1.29, 1.82) is 0 Å². The molecule has 2 N–H and O–H groups in total. The highest BCUT2D eigenvalue weighted by atomic mass is 16.3. The molecular weight excluding hydrogens is 200 g/mol. The fourth-order valence-corrected chi connectivity index (χ4v) is 4.51. The molecule has 2 fully saturated rings. The zero-order chi connectivity index (χ0) is 10.9. The average molecular weight is 216 g/mol. The normalized spacial score (nSPS) is 48.1. The molecule has 0 aliphatic heterocycles. The van der Waals surface area contributed by atoms with Gasteiger partial charge in [0, 0.05) is 0 Å². The van der Waals surface area contributed by atoms with Crippen molar-refractivity contribution in [2.75, 3.05) is 0 Å². The molecule has 2 nitrogen and oxygen atoms in total. The topological polar surface area (TPSA) is 40.5 Å². The van der Waals surface area contributed by atoms with E-state index in [1.807, 2.05) is 0 Å². The molecule has 2 saturated carbocycles. The van der Waals surface area contributed by atoms with Crippen molar-refractivity contribution in [2.24, 2.45) is 17.8 Å². The number of fused-ring (bicyclic) bond motifs is 7. The Labute approximate surface area is 94.9 Å². The molecule has 0 radical (unpaired) electrons. The van der Waals surface area contributed by atoms with Crippen LogP contribution in [0.1, 0.15) is 23.5 Å². The van der Waals surface area contributed by atoms with Gasteiger partial charge in [-0.25, -0.2) is 0 Å². The maximum atomic E-state index is 10.0. The number of aliphatic hydroxyl groups is 2. The third-order valence-corrected chi connectivity index (χ3v) is 5.11. The molecule has 3 aliphatic rings. The summed E-state index contributed by atoms with van der Waals surface area (Å²) in [4.78, 5) is 0. The smallest absolute Gasteiger partial charge is 0.0836 e. The molecule has 16 heavy (non-hydrogen) atoms. The Hall–Kier alpha value is -0.860. The molecule has 2 bridgehead atoms. The number of aliphatic hydroxyl groups excluding tert-OH is 2. The molecule has 4 rings (SSSR count). The van der Waals surface area contributed by atoms with Gasteiger partial charge in [-0.3, -0.25) is 0 Å². The lowest BCUT2D eigenvalue weighted by Gasteiger charge is -2.32. The van der Waals surface area contributed by atoms with Gasteiger partial charge in [-0.2, -0.15) is 0 Å². The highest BCUT2D eigenvalue weighted by Crippen LogP contribution is 2.61. The third-order valence-electron chi connectivity index (χ3n) is 5.11. The van der Waals surface area contributed by atoms with Crippen molar-refractivity contribution in [1.82, 2.24) is 0 Å². The van der Waals surface area contributed by atoms with E-state index in [0.29, 0.717) is 23.7 Å². The van der Waals surface area contributed by atoms with E-state index in [4.69, 9.17) is 0 Å². The highest BCUT2D eigenvalue weighted by Gasteiger charge is 2.59. The minimum Gasteiger partial charge on any atom is -0.390 e. The second-order valence-corrected chi connectivity index (χ2v) is 5.64. The number of rotatable bonds is 0. The number of hydrogen-bond donors (Lipinski definition) is 2. The van der Waals surface area contributed by atoms with Crippen LogP contribution in [0.3, 0.4) is 0 Å². The second-order valence-electron chi connectivity index (χ2n) is 5.64.